The molecule has 1 aromatic carbocycles. The van der Waals surface area contributed by atoms with Gasteiger partial charge in [0, 0.05) is 12.1 Å². The van der Waals surface area contributed by atoms with Gasteiger partial charge in [0.1, 0.15) is 11.6 Å². The predicted octanol–water partition coefficient (Wildman–Crippen LogP) is 2.05. The third-order valence-electron chi connectivity index (χ3n) is 3.41. The van der Waals surface area contributed by atoms with Crippen molar-refractivity contribution in [3.05, 3.63) is 35.4 Å². The molecule has 0 radical (unpaired) electrons. The highest BCUT2D eigenvalue weighted by Crippen LogP contribution is 2.32. The summed E-state index contributed by atoms with van der Waals surface area (Å²) in [6, 6.07) is 3.02. The summed E-state index contributed by atoms with van der Waals surface area (Å²) in [6.07, 6.45) is 0.526. The number of benzene rings is 1. The van der Waals surface area contributed by atoms with Gasteiger partial charge in [-0.2, -0.15) is 0 Å². The Morgan fingerprint density at radius 3 is 2.42 bits per heavy atom. The van der Waals surface area contributed by atoms with Crippen molar-refractivity contribution in [3.8, 4) is 0 Å². The molecule has 1 fully saturated rings. The highest BCUT2D eigenvalue weighted by Gasteiger charge is 2.34. The normalized spacial score (nSPS) is 23.4. The first-order chi connectivity index (χ1) is 8.91. The smallest absolute Gasteiger partial charge is 0.150 e. The quantitative estimate of drug-likeness (QED) is 0.923. The molecule has 2 rings (SSSR count). The van der Waals surface area contributed by atoms with Gasteiger partial charge in [-0.3, -0.25) is 0 Å². The molecule has 106 valence electrons. The topological polar surface area (TPSA) is 46.2 Å². The molecular weight excluding hydrogens is 272 g/mol. The monoisotopic (exact) mass is 289 g/mol. The summed E-state index contributed by atoms with van der Waals surface area (Å²) in [6.45, 7) is 2.49. The van der Waals surface area contributed by atoms with Gasteiger partial charge in [-0.15, -0.1) is 0 Å². The second-order valence-corrected chi connectivity index (χ2v) is 7.13. The Labute approximate surface area is 111 Å². The van der Waals surface area contributed by atoms with E-state index >= 15 is 0 Å². The fourth-order valence-corrected chi connectivity index (χ4v) is 4.46. The van der Waals surface area contributed by atoms with Gasteiger partial charge in [0.15, 0.2) is 9.84 Å². The molecule has 0 aromatic heterocycles. The van der Waals surface area contributed by atoms with Crippen LogP contribution in [0.1, 0.15) is 24.9 Å². The molecule has 3 nitrogen and oxygen atoms in total. The highest BCUT2D eigenvalue weighted by atomic mass is 32.2. The molecule has 1 aliphatic rings. The van der Waals surface area contributed by atoms with Gasteiger partial charge in [0.05, 0.1) is 11.5 Å². The lowest BCUT2D eigenvalue weighted by Gasteiger charge is -2.24. The number of hydrogen-bond donors (Lipinski definition) is 1. The van der Waals surface area contributed by atoms with E-state index in [1.54, 1.807) is 0 Å². The average molecular weight is 289 g/mol. The van der Waals surface area contributed by atoms with Gasteiger partial charge in [0.2, 0.25) is 0 Å². The van der Waals surface area contributed by atoms with Crippen LogP contribution in [0.5, 0.6) is 0 Å². The molecule has 0 amide bonds. The molecule has 0 saturated carbocycles. The summed E-state index contributed by atoms with van der Waals surface area (Å²) in [5, 5.41) is 3.14. The van der Waals surface area contributed by atoms with Crippen molar-refractivity contribution in [1.29, 1.82) is 0 Å². The van der Waals surface area contributed by atoms with Crippen LogP contribution in [0, 0.1) is 17.6 Å². The van der Waals surface area contributed by atoms with Crippen molar-refractivity contribution < 1.29 is 17.2 Å². The minimum absolute atomic E-state index is 0.0722. The Kier molecular flexibility index (Phi) is 4.20. The van der Waals surface area contributed by atoms with E-state index < -0.39 is 21.5 Å². The number of nitrogens with one attached hydrogen (secondary N) is 1. The van der Waals surface area contributed by atoms with Crippen LogP contribution in [-0.4, -0.2) is 26.5 Å². The van der Waals surface area contributed by atoms with Gasteiger partial charge in [-0.25, -0.2) is 17.2 Å². The van der Waals surface area contributed by atoms with Crippen molar-refractivity contribution in [3.63, 3.8) is 0 Å². The molecule has 2 atom stereocenters. The zero-order chi connectivity index (χ0) is 14.0. The van der Waals surface area contributed by atoms with Crippen molar-refractivity contribution in [2.45, 2.75) is 19.4 Å². The summed E-state index contributed by atoms with van der Waals surface area (Å²) in [7, 11) is -3.01. The van der Waals surface area contributed by atoms with Crippen LogP contribution in [0.3, 0.4) is 0 Å². The summed E-state index contributed by atoms with van der Waals surface area (Å²) >= 11 is 0. The van der Waals surface area contributed by atoms with Crippen LogP contribution in [0.2, 0.25) is 0 Å². The zero-order valence-corrected chi connectivity index (χ0v) is 11.5. The predicted molar refractivity (Wildman–Crippen MR) is 69.5 cm³/mol. The van der Waals surface area contributed by atoms with E-state index in [1.807, 2.05) is 6.92 Å². The standard InChI is InChI=1S/C13H17F2NO2S/c1-2-16-13(9-3-4-19(17,18)8-9)10-5-11(14)7-12(15)6-10/h5-7,9,13,16H,2-4,8H2,1H3. The molecule has 1 aromatic rings. The summed E-state index contributed by atoms with van der Waals surface area (Å²) in [4.78, 5) is 0. The molecule has 1 N–H and O–H groups in total. The molecule has 2 unspecified atom stereocenters. The molecule has 19 heavy (non-hydrogen) atoms. The van der Waals surface area contributed by atoms with Crippen LogP contribution in [0.4, 0.5) is 8.78 Å². The molecular formula is C13H17F2NO2S. The lowest BCUT2D eigenvalue weighted by atomic mass is 9.92. The third-order valence-corrected chi connectivity index (χ3v) is 5.20. The van der Waals surface area contributed by atoms with E-state index in [1.165, 1.54) is 12.1 Å². The van der Waals surface area contributed by atoms with E-state index in [-0.39, 0.29) is 23.5 Å². The van der Waals surface area contributed by atoms with Crippen molar-refractivity contribution >= 4 is 9.84 Å². The number of halogens is 2. The molecule has 0 spiro atoms. The maximum absolute atomic E-state index is 13.3. The molecule has 1 saturated heterocycles. The van der Waals surface area contributed by atoms with Crippen LogP contribution < -0.4 is 5.32 Å². The summed E-state index contributed by atoms with van der Waals surface area (Å²) in [5.74, 6) is -1.19. The van der Waals surface area contributed by atoms with E-state index in [0.717, 1.165) is 6.07 Å². The Morgan fingerprint density at radius 2 is 1.95 bits per heavy atom. The summed E-state index contributed by atoms with van der Waals surface area (Å²) in [5.41, 5.74) is 0.474. The SMILES string of the molecule is CCNC(c1cc(F)cc(F)c1)C1CCS(=O)(=O)C1. The maximum Gasteiger partial charge on any atom is 0.150 e. The first-order valence-electron chi connectivity index (χ1n) is 6.31. The minimum atomic E-state index is -3.01. The van der Waals surface area contributed by atoms with E-state index in [9.17, 15) is 17.2 Å². The third kappa shape index (κ3) is 3.51. The second kappa shape index (κ2) is 5.54. The van der Waals surface area contributed by atoms with Gasteiger partial charge >= 0.3 is 0 Å². The molecule has 0 bridgehead atoms. The molecule has 1 heterocycles. The number of rotatable bonds is 4. The zero-order valence-electron chi connectivity index (χ0n) is 10.7. The molecule has 6 heteroatoms. The van der Waals surface area contributed by atoms with Gasteiger partial charge in [-0.1, -0.05) is 6.92 Å². The Bertz CT molecular complexity index is 540. The summed E-state index contributed by atoms with van der Waals surface area (Å²) < 4.78 is 49.6. The molecule has 1 aliphatic heterocycles. The lowest BCUT2D eigenvalue weighted by molar-refractivity contribution is 0.397. The van der Waals surface area contributed by atoms with Gasteiger partial charge in [-0.05, 0) is 36.6 Å². The van der Waals surface area contributed by atoms with E-state index in [2.05, 4.69) is 5.32 Å². The Balaban J connectivity index is 2.29. The van der Waals surface area contributed by atoms with Crippen LogP contribution >= 0.6 is 0 Å². The van der Waals surface area contributed by atoms with E-state index in [0.29, 0.717) is 18.5 Å². The largest absolute Gasteiger partial charge is 0.310 e. The Hall–Kier alpha value is -1.01. The second-order valence-electron chi connectivity index (χ2n) is 4.90. The minimum Gasteiger partial charge on any atom is -0.310 e. The van der Waals surface area contributed by atoms with Crippen molar-refractivity contribution in [1.82, 2.24) is 5.32 Å². The van der Waals surface area contributed by atoms with Crippen LogP contribution in [0.25, 0.3) is 0 Å². The van der Waals surface area contributed by atoms with Crippen LogP contribution in [-0.2, 0) is 9.84 Å². The van der Waals surface area contributed by atoms with Crippen LogP contribution in [0.15, 0.2) is 18.2 Å². The van der Waals surface area contributed by atoms with Crippen molar-refractivity contribution in [2.75, 3.05) is 18.1 Å². The highest BCUT2D eigenvalue weighted by molar-refractivity contribution is 7.91. The maximum atomic E-state index is 13.3. The average Bonchev–Trinajstić information content (AvgIpc) is 2.65. The first kappa shape index (κ1) is 14.4. The fraction of sp³-hybridized carbons (Fsp3) is 0.538. The van der Waals surface area contributed by atoms with Gasteiger partial charge < -0.3 is 5.32 Å². The molecule has 0 aliphatic carbocycles. The number of sulfone groups is 1. The van der Waals surface area contributed by atoms with Gasteiger partial charge in [0.25, 0.3) is 0 Å². The van der Waals surface area contributed by atoms with Crippen molar-refractivity contribution in [2.24, 2.45) is 5.92 Å². The van der Waals surface area contributed by atoms with E-state index in [4.69, 9.17) is 0 Å². The fourth-order valence-electron chi connectivity index (χ4n) is 2.62. The first-order valence-corrected chi connectivity index (χ1v) is 8.13. The Morgan fingerprint density at radius 1 is 1.32 bits per heavy atom. The number of hydrogen-bond acceptors (Lipinski definition) is 3. The lowest BCUT2D eigenvalue weighted by Crippen LogP contribution is -2.29.